The smallest absolute Gasteiger partial charge is 0.407 e. The first-order chi connectivity index (χ1) is 7.31. The van der Waals surface area contributed by atoms with Gasteiger partial charge in [-0.3, -0.25) is 0 Å². The summed E-state index contributed by atoms with van der Waals surface area (Å²) in [5.74, 6) is 0. The fourth-order valence-electron chi connectivity index (χ4n) is 1.00. The SMILES string of the molecule is CC(O)CCNCCNC(=O)OC(C)(C)C. The van der Waals surface area contributed by atoms with Crippen LogP contribution in [0, 0.1) is 0 Å². The van der Waals surface area contributed by atoms with Gasteiger partial charge in [0.25, 0.3) is 0 Å². The monoisotopic (exact) mass is 232 g/mol. The molecule has 0 bridgehead atoms. The van der Waals surface area contributed by atoms with E-state index in [0.717, 1.165) is 6.54 Å². The normalized spacial score (nSPS) is 13.3. The molecule has 0 saturated carbocycles. The molecule has 5 heteroatoms. The highest BCUT2D eigenvalue weighted by Gasteiger charge is 2.15. The van der Waals surface area contributed by atoms with Crippen molar-refractivity contribution in [3.63, 3.8) is 0 Å². The Balaban J connectivity index is 3.35. The van der Waals surface area contributed by atoms with Gasteiger partial charge in [-0.2, -0.15) is 0 Å². The van der Waals surface area contributed by atoms with Gasteiger partial charge in [0.15, 0.2) is 0 Å². The second kappa shape index (κ2) is 7.46. The van der Waals surface area contributed by atoms with E-state index in [-0.39, 0.29) is 6.10 Å². The predicted molar refractivity (Wildman–Crippen MR) is 63.4 cm³/mol. The van der Waals surface area contributed by atoms with Gasteiger partial charge in [0.05, 0.1) is 6.10 Å². The number of hydrogen-bond donors (Lipinski definition) is 3. The van der Waals surface area contributed by atoms with Crippen LogP contribution < -0.4 is 10.6 Å². The maximum Gasteiger partial charge on any atom is 0.407 e. The molecule has 0 heterocycles. The van der Waals surface area contributed by atoms with E-state index in [1.807, 2.05) is 20.8 Å². The summed E-state index contributed by atoms with van der Waals surface area (Å²) in [6.07, 6.45) is 0.0306. The molecule has 1 amide bonds. The van der Waals surface area contributed by atoms with Crippen molar-refractivity contribution in [1.82, 2.24) is 10.6 Å². The maximum absolute atomic E-state index is 11.2. The van der Waals surface area contributed by atoms with Gasteiger partial charge in [-0.1, -0.05) is 0 Å². The third-order valence-corrected chi connectivity index (χ3v) is 1.71. The average molecular weight is 232 g/mol. The Labute approximate surface area is 97.6 Å². The molecule has 96 valence electrons. The zero-order chi connectivity index (χ0) is 12.6. The summed E-state index contributed by atoms with van der Waals surface area (Å²) >= 11 is 0. The van der Waals surface area contributed by atoms with Crippen LogP contribution in [-0.4, -0.2) is 42.5 Å². The molecular weight excluding hydrogens is 208 g/mol. The number of nitrogens with one attached hydrogen (secondary N) is 2. The predicted octanol–water partition coefficient (Wildman–Crippen LogP) is 0.872. The van der Waals surface area contributed by atoms with Crippen LogP contribution in [0.25, 0.3) is 0 Å². The van der Waals surface area contributed by atoms with Gasteiger partial charge in [0.2, 0.25) is 0 Å². The number of aliphatic hydroxyl groups is 1. The van der Waals surface area contributed by atoms with Crippen LogP contribution in [0.4, 0.5) is 4.79 Å². The van der Waals surface area contributed by atoms with E-state index < -0.39 is 11.7 Å². The number of ether oxygens (including phenoxy) is 1. The van der Waals surface area contributed by atoms with Gasteiger partial charge >= 0.3 is 6.09 Å². The number of carbonyl (C=O) groups is 1. The molecule has 0 aliphatic heterocycles. The summed E-state index contributed by atoms with van der Waals surface area (Å²) in [6, 6.07) is 0. The first-order valence-electron chi connectivity index (χ1n) is 5.67. The highest BCUT2D eigenvalue weighted by molar-refractivity contribution is 5.67. The van der Waals surface area contributed by atoms with Gasteiger partial charge in [-0.15, -0.1) is 0 Å². The van der Waals surface area contributed by atoms with Crippen molar-refractivity contribution in [2.45, 2.75) is 45.8 Å². The van der Waals surface area contributed by atoms with Crippen molar-refractivity contribution in [1.29, 1.82) is 0 Å². The summed E-state index contributed by atoms with van der Waals surface area (Å²) < 4.78 is 5.06. The van der Waals surface area contributed by atoms with Crippen LogP contribution >= 0.6 is 0 Å². The molecule has 0 spiro atoms. The van der Waals surface area contributed by atoms with E-state index in [0.29, 0.717) is 19.5 Å². The standard InChI is InChI=1S/C11H24N2O3/c1-9(14)5-6-12-7-8-13-10(15)16-11(2,3)4/h9,12,14H,5-8H2,1-4H3,(H,13,15). The molecule has 0 saturated heterocycles. The summed E-state index contributed by atoms with van der Waals surface area (Å²) in [5, 5.41) is 14.7. The van der Waals surface area contributed by atoms with E-state index in [1.165, 1.54) is 0 Å². The number of rotatable bonds is 6. The molecular formula is C11H24N2O3. The number of amides is 1. The lowest BCUT2D eigenvalue weighted by atomic mass is 10.2. The lowest BCUT2D eigenvalue weighted by molar-refractivity contribution is 0.0528. The molecule has 0 fully saturated rings. The van der Waals surface area contributed by atoms with Gasteiger partial charge in [-0.25, -0.2) is 4.79 Å². The van der Waals surface area contributed by atoms with E-state index >= 15 is 0 Å². The number of hydrogen-bond acceptors (Lipinski definition) is 4. The topological polar surface area (TPSA) is 70.6 Å². The third kappa shape index (κ3) is 11.3. The molecule has 0 aliphatic carbocycles. The number of carbonyl (C=O) groups excluding carboxylic acids is 1. The minimum Gasteiger partial charge on any atom is -0.444 e. The zero-order valence-corrected chi connectivity index (χ0v) is 10.7. The van der Waals surface area contributed by atoms with Crippen molar-refractivity contribution in [3.8, 4) is 0 Å². The molecule has 0 aromatic rings. The molecule has 3 N–H and O–H groups in total. The van der Waals surface area contributed by atoms with Gasteiger partial charge < -0.3 is 20.5 Å². The third-order valence-electron chi connectivity index (χ3n) is 1.71. The van der Waals surface area contributed by atoms with Crippen LogP contribution in [-0.2, 0) is 4.74 Å². The van der Waals surface area contributed by atoms with Crippen molar-refractivity contribution < 1.29 is 14.6 Å². The quantitative estimate of drug-likeness (QED) is 0.594. The van der Waals surface area contributed by atoms with Crippen molar-refractivity contribution in [2.75, 3.05) is 19.6 Å². The van der Waals surface area contributed by atoms with Gasteiger partial charge in [-0.05, 0) is 40.7 Å². The van der Waals surface area contributed by atoms with Crippen LogP contribution in [0.3, 0.4) is 0 Å². The van der Waals surface area contributed by atoms with Crippen LogP contribution in [0.1, 0.15) is 34.1 Å². The Bertz CT molecular complexity index is 200. The van der Waals surface area contributed by atoms with E-state index in [1.54, 1.807) is 6.92 Å². The summed E-state index contributed by atoms with van der Waals surface area (Å²) in [7, 11) is 0. The lowest BCUT2D eigenvalue weighted by Gasteiger charge is -2.19. The summed E-state index contributed by atoms with van der Waals surface area (Å²) in [6.45, 7) is 9.17. The number of alkyl carbamates (subject to hydrolysis) is 1. The van der Waals surface area contributed by atoms with Crippen molar-refractivity contribution in [2.24, 2.45) is 0 Å². The Morgan fingerprint density at radius 2 is 1.94 bits per heavy atom. The second-order valence-corrected chi connectivity index (χ2v) is 4.82. The second-order valence-electron chi connectivity index (χ2n) is 4.82. The minimum atomic E-state index is -0.455. The van der Waals surface area contributed by atoms with E-state index in [4.69, 9.17) is 9.84 Å². The fourth-order valence-corrected chi connectivity index (χ4v) is 1.00. The van der Waals surface area contributed by atoms with Crippen LogP contribution in [0.2, 0.25) is 0 Å². The van der Waals surface area contributed by atoms with Crippen molar-refractivity contribution in [3.05, 3.63) is 0 Å². The molecule has 1 unspecified atom stereocenters. The fraction of sp³-hybridized carbons (Fsp3) is 0.909. The maximum atomic E-state index is 11.2. The van der Waals surface area contributed by atoms with Gasteiger partial charge in [0.1, 0.15) is 5.60 Å². The molecule has 0 rings (SSSR count). The molecule has 5 nitrogen and oxygen atoms in total. The molecule has 0 radical (unpaired) electrons. The van der Waals surface area contributed by atoms with E-state index in [2.05, 4.69) is 10.6 Å². The first kappa shape index (κ1) is 15.2. The Morgan fingerprint density at radius 1 is 1.31 bits per heavy atom. The summed E-state index contributed by atoms with van der Waals surface area (Å²) in [5.41, 5.74) is -0.455. The number of aliphatic hydroxyl groups excluding tert-OH is 1. The molecule has 16 heavy (non-hydrogen) atoms. The Hall–Kier alpha value is -0.810. The Kier molecular flexibility index (Phi) is 7.08. The first-order valence-corrected chi connectivity index (χ1v) is 5.67. The van der Waals surface area contributed by atoms with Crippen LogP contribution in [0.15, 0.2) is 0 Å². The zero-order valence-electron chi connectivity index (χ0n) is 10.7. The largest absolute Gasteiger partial charge is 0.444 e. The highest BCUT2D eigenvalue weighted by Crippen LogP contribution is 2.05. The molecule has 0 aromatic heterocycles. The molecule has 1 atom stereocenters. The van der Waals surface area contributed by atoms with Crippen molar-refractivity contribution >= 4 is 6.09 Å². The van der Waals surface area contributed by atoms with Gasteiger partial charge in [0, 0.05) is 13.1 Å². The minimum absolute atomic E-state index is 0.286. The molecule has 0 aliphatic rings. The van der Waals surface area contributed by atoms with E-state index in [9.17, 15) is 4.79 Å². The molecule has 0 aromatic carbocycles. The summed E-state index contributed by atoms with van der Waals surface area (Å²) in [4.78, 5) is 11.2. The van der Waals surface area contributed by atoms with Crippen LogP contribution in [0.5, 0.6) is 0 Å². The lowest BCUT2D eigenvalue weighted by Crippen LogP contribution is -2.36. The highest BCUT2D eigenvalue weighted by atomic mass is 16.6. The Morgan fingerprint density at radius 3 is 2.44 bits per heavy atom. The average Bonchev–Trinajstić information content (AvgIpc) is 2.07.